The zero-order valence-electron chi connectivity index (χ0n) is 21.6. The average molecular weight is 521 g/mol. The first kappa shape index (κ1) is 25.9. The predicted molar refractivity (Wildman–Crippen MR) is 155 cm³/mol. The summed E-state index contributed by atoms with van der Waals surface area (Å²) in [6.45, 7) is 2.77. The van der Waals surface area contributed by atoms with Gasteiger partial charge in [0.15, 0.2) is 0 Å². The Morgan fingerprint density at radius 2 is 0.769 bits per heavy atom. The van der Waals surface area contributed by atoms with E-state index in [-0.39, 0.29) is 0 Å². The normalized spacial score (nSPS) is 10.9. The van der Waals surface area contributed by atoms with Crippen molar-refractivity contribution >= 4 is 11.4 Å². The molecule has 0 radical (unpaired) electrons. The van der Waals surface area contributed by atoms with Crippen LogP contribution in [0.5, 0.6) is 23.0 Å². The lowest BCUT2D eigenvalue weighted by Gasteiger charge is -2.08. The number of nitrogens with two attached hydrogens (primary N) is 2. The molecule has 4 aromatic carbocycles. The van der Waals surface area contributed by atoms with Gasteiger partial charge in [0.2, 0.25) is 0 Å². The molecule has 7 heteroatoms. The van der Waals surface area contributed by atoms with E-state index in [4.69, 9.17) is 25.4 Å². The summed E-state index contributed by atoms with van der Waals surface area (Å²) in [5, 5.41) is 6.85. The van der Waals surface area contributed by atoms with Gasteiger partial charge < -0.3 is 36.0 Å². The summed E-state index contributed by atoms with van der Waals surface area (Å²) in [7, 11) is 0. The first-order valence-electron chi connectivity index (χ1n) is 12.8. The van der Waals surface area contributed by atoms with Crippen LogP contribution in [0.3, 0.4) is 0 Å². The Morgan fingerprint density at radius 1 is 0.436 bits per heavy atom. The lowest BCUT2D eigenvalue weighted by atomic mass is 10.2. The first-order valence-corrected chi connectivity index (χ1v) is 12.8. The van der Waals surface area contributed by atoms with Gasteiger partial charge in [-0.15, -0.1) is 0 Å². The molecule has 0 aliphatic carbocycles. The van der Waals surface area contributed by atoms with Gasteiger partial charge in [-0.05, 0) is 96.1 Å². The monoisotopic (exact) mass is 520 g/mol. The maximum absolute atomic E-state index is 5.96. The van der Waals surface area contributed by atoms with Gasteiger partial charge >= 0.3 is 0 Å². The second-order valence-electron chi connectivity index (χ2n) is 9.21. The van der Waals surface area contributed by atoms with Gasteiger partial charge in [0.05, 0.1) is 13.1 Å². The molecule has 0 aliphatic heterocycles. The molecule has 0 amide bonds. The number of hydrogen-bond donors (Lipinski definition) is 4. The fourth-order valence-electron chi connectivity index (χ4n) is 3.97. The third kappa shape index (κ3) is 7.88. The van der Waals surface area contributed by atoms with Crippen molar-refractivity contribution in [2.45, 2.75) is 26.2 Å². The molecule has 6 N–H and O–H groups in total. The number of rotatable bonds is 12. The maximum atomic E-state index is 5.96. The van der Waals surface area contributed by atoms with Gasteiger partial charge in [0.25, 0.3) is 0 Å². The van der Waals surface area contributed by atoms with Crippen molar-refractivity contribution in [2.75, 3.05) is 11.5 Å². The third-order valence-corrected chi connectivity index (χ3v) is 6.05. The summed E-state index contributed by atoms with van der Waals surface area (Å²) in [5.74, 6) is 4.90. The Balaban J connectivity index is 1.01. The van der Waals surface area contributed by atoms with Crippen molar-refractivity contribution < 1.29 is 13.9 Å². The molecular formula is C32H32N4O3. The van der Waals surface area contributed by atoms with E-state index in [9.17, 15) is 0 Å². The molecule has 198 valence electrons. The van der Waals surface area contributed by atoms with Crippen LogP contribution >= 0.6 is 0 Å². The fraction of sp³-hybridized carbons (Fsp3) is 0.125. The summed E-state index contributed by atoms with van der Waals surface area (Å²) in [6, 6.07) is 34.8. The van der Waals surface area contributed by atoms with Crippen LogP contribution in [0.2, 0.25) is 0 Å². The Morgan fingerprint density at radius 3 is 1.13 bits per heavy atom. The number of furan rings is 1. The molecule has 7 nitrogen and oxygen atoms in total. The second-order valence-corrected chi connectivity index (χ2v) is 9.21. The Labute approximate surface area is 228 Å². The molecule has 0 saturated carbocycles. The van der Waals surface area contributed by atoms with Crippen molar-refractivity contribution in [1.82, 2.24) is 10.6 Å². The minimum atomic E-state index is 0.652. The van der Waals surface area contributed by atoms with Crippen LogP contribution in [-0.4, -0.2) is 0 Å². The highest BCUT2D eigenvalue weighted by Gasteiger charge is 2.04. The molecule has 0 aliphatic rings. The molecule has 39 heavy (non-hydrogen) atoms. The Kier molecular flexibility index (Phi) is 8.43. The molecule has 0 bridgehead atoms. The molecule has 5 rings (SSSR count). The molecule has 1 heterocycles. The molecule has 0 spiro atoms. The maximum Gasteiger partial charge on any atom is 0.127 e. The van der Waals surface area contributed by atoms with Crippen LogP contribution < -0.4 is 31.6 Å². The first-order chi connectivity index (χ1) is 19.1. The SMILES string of the molecule is Nc1ccc(Oc2ccc(CNCc3ccc(CNCc4ccc(Oc5ccc(N)cc5)cc4)o3)cc2)cc1. The van der Waals surface area contributed by atoms with Crippen molar-refractivity contribution in [3.8, 4) is 23.0 Å². The van der Waals surface area contributed by atoms with E-state index in [1.165, 1.54) is 0 Å². The van der Waals surface area contributed by atoms with E-state index in [1.807, 2.05) is 109 Å². The Bertz CT molecular complexity index is 1330. The second kappa shape index (κ2) is 12.7. The van der Waals surface area contributed by atoms with Crippen LogP contribution in [0, 0.1) is 0 Å². The molecule has 0 saturated heterocycles. The number of benzene rings is 4. The number of hydrogen-bond acceptors (Lipinski definition) is 7. The molecule has 1 aromatic heterocycles. The summed E-state index contributed by atoms with van der Waals surface area (Å²) in [4.78, 5) is 0. The van der Waals surface area contributed by atoms with Gasteiger partial charge in [-0.2, -0.15) is 0 Å². The highest BCUT2D eigenvalue weighted by Crippen LogP contribution is 2.24. The van der Waals surface area contributed by atoms with Crippen LogP contribution in [0.1, 0.15) is 22.6 Å². The third-order valence-electron chi connectivity index (χ3n) is 6.05. The lowest BCUT2D eigenvalue weighted by Crippen LogP contribution is -2.13. The zero-order chi connectivity index (χ0) is 26.9. The highest BCUT2D eigenvalue weighted by molar-refractivity contribution is 5.44. The molecule has 0 atom stereocenters. The van der Waals surface area contributed by atoms with E-state index in [2.05, 4.69) is 10.6 Å². The topological polar surface area (TPSA) is 108 Å². The highest BCUT2D eigenvalue weighted by atomic mass is 16.5. The zero-order valence-corrected chi connectivity index (χ0v) is 21.6. The lowest BCUT2D eigenvalue weighted by molar-refractivity contribution is 0.432. The van der Waals surface area contributed by atoms with Crippen molar-refractivity contribution in [1.29, 1.82) is 0 Å². The number of ether oxygens (including phenoxy) is 2. The van der Waals surface area contributed by atoms with Crippen LogP contribution in [0.15, 0.2) is 114 Å². The van der Waals surface area contributed by atoms with Gasteiger partial charge in [0, 0.05) is 24.5 Å². The minimum absolute atomic E-state index is 0.652. The average Bonchev–Trinajstić information content (AvgIpc) is 3.41. The van der Waals surface area contributed by atoms with Crippen LogP contribution in [0.25, 0.3) is 0 Å². The van der Waals surface area contributed by atoms with Crippen molar-refractivity contribution in [3.05, 3.63) is 132 Å². The van der Waals surface area contributed by atoms with Gasteiger partial charge in [0.1, 0.15) is 34.5 Å². The van der Waals surface area contributed by atoms with Crippen molar-refractivity contribution in [2.24, 2.45) is 0 Å². The summed E-state index contributed by atoms with van der Waals surface area (Å²) >= 11 is 0. The smallest absolute Gasteiger partial charge is 0.127 e. The standard InChI is InChI=1S/C32H32N4O3/c33-25-5-13-29(14-6-25)37-27-9-1-23(2-10-27)19-35-21-31-17-18-32(39-31)22-36-20-24-3-11-28(12-4-24)38-30-15-7-26(34)8-16-30/h1-18,35-36H,19-22,33-34H2. The summed E-state index contributed by atoms with van der Waals surface area (Å²) in [6.07, 6.45) is 0. The van der Waals surface area contributed by atoms with E-state index in [1.54, 1.807) is 0 Å². The summed E-state index contributed by atoms with van der Waals surface area (Å²) in [5.41, 5.74) is 15.2. The van der Waals surface area contributed by atoms with Crippen LogP contribution in [-0.2, 0) is 26.2 Å². The van der Waals surface area contributed by atoms with E-state index >= 15 is 0 Å². The molecule has 0 unspecified atom stereocenters. The molecule has 0 fully saturated rings. The number of nitrogen functional groups attached to an aromatic ring is 2. The number of nitrogens with one attached hydrogen (secondary N) is 2. The summed E-state index contributed by atoms with van der Waals surface area (Å²) < 4.78 is 17.7. The quantitative estimate of drug-likeness (QED) is 0.137. The van der Waals surface area contributed by atoms with Crippen molar-refractivity contribution in [3.63, 3.8) is 0 Å². The fourth-order valence-corrected chi connectivity index (χ4v) is 3.97. The molecular weight excluding hydrogens is 488 g/mol. The van der Waals surface area contributed by atoms with E-state index < -0.39 is 0 Å². The molecule has 5 aromatic rings. The predicted octanol–water partition coefficient (Wildman–Crippen LogP) is 6.61. The van der Waals surface area contributed by atoms with Gasteiger partial charge in [-0.25, -0.2) is 0 Å². The van der Waals surface area contributed by atoms with Gasteiger partial charge in [-0.1, -0.05) is 24.3 Å². The number of anilines is 2. The Hall–Kier alpha value is -4.72. The largest absolute Gasteiger partial charge is 0.463 e. The van der Waals surface area contributed by atoms with Crippen LogP contribution in [0.4, 0.5) is 11.4 Å². The van der Waals surface area contributed by atoms with Gasteiger partial charge in [-0.3, -0.25) is 0 Å². The van der Waals surface area contributed by atoms with E-state index in [0.717, 1.165) is 58.7 Å². The minimum Gasteiger partial charge on any atom is -0.463 e. The van der Waals surface area contributed by atoms with E-state index in [0.29, 0.717) is 24.5 Å².